The lowest BCUT2D eigenvalue weighted by Crippen LogP contribution is -2.38. The van der Waals surface area contributed by atoms with Crippen LogP contribution in [0, 0.1) is 5.92 Å². The number of anilines is 1. The number of hydrogen-bond donors (Lipinski definition) is 4. The molecule has 0 aliphatic carbocycles. The zero-order chi connectivity index (χ0) is 12.8. The van der Waals surface area contributed by atoms with Crippen LogP contribution in [0.4, 0.5) is 5.82 Å². The van der Waals surface area contributed by atoms with Gasteiger partial charge < -0.3 is 16.4 Å². The van der Waals surface area contributed by atoms with Crippen LogP contribution in [0.5, 0.6) is 0 Å². The van der Waals surface area contributed by atoms with Crippen LogP contribution in [-0.2, 0) is 4.79 Å². The van der Waals surface area contributed by atoms with Crippen molar-refractivity contribution in [1.29, 1.82) is 0 Å². The highest BCUT2D eigenvalue weighted by atomic mass is 16.2. The van der Waals surface area contributed by atoms with Crippen molar-refractivity contribution in [2.24, 2.45) is 5.92 Å². The third kappa shape index (κ3) is 4.54. The van der Waals surface area contributed by atoms with Gasteiger partial charge >= 0.3 is 0 Å². The number of carbonyl (C=O) groups excluding carboxylic acids is 2. The topological polar surface area (TPSA) is 113 Å². The maximum absolute atomic E-state index is 11.5. The lowest BCUT2D eigenvalue weighted by molar-refractivity contribution is -0.120. The molecule has 0 fully saturated rings. The van der Waals surface area contributed by atoms with E-state index in [0.29, 0.717) is 12.5 Å². The van der Waals surface area contributed by atoms with E-state index in [9.17, 15) is 9.59 Å². The summed E-state index contributed by atoms with van der Waals surface area (Å²) in [6.45, 7) is 4.51. The molecule has 1 aromatic heterocycles. The first kappa shape index (κ1) is 13.0. The Hall–Kier alpha value is -2.05. The van der Waals surface area contributed by atoms with Gasteiger partial charge in [-0.25, -0.2) is 0 Å². The van der Waals surface area contributed by atoms with Crippen LogP contribution in [0.15, 0.2) is 6.07 Å². The number of nitrogens with two attached hydrogens (primary N) is 1. The van der Waals surface area contributed by atoms with Crippen LogP contribution in [0.3, 0.4) is 0 Å². The highest BCUT2D eigenvalue weighted by Gasteiger charge is 2.10. The van der Waals surface area contributed by atoms with Gasteiger partial charge in [-0.1, -0.05) is 13.8 Å². The lowest BCUT2D eigenvalue weighted by Gasteiger charge is -2.07. The number of nitrogen functional groups attached to an aromatic ring is 1. The van der Waals surface area contributed by atoms with E-state index >= 15 is 0 Å². The first-order chi connectivity index (χ1) is 7.99. The van der Waals surface area contributed by atoms with Gasteiger partial charge in [0.15, 0.2) is 0 Å². The van der Waals surface area contributed by atoms with Gasteiger partial charge in [0.05, 0.1) is 6.54 Å². The zero-order valence-electron chi connectivity index (χ0n) is 9.91. The van der Waals surface area contributed by atoms with Gasteiger partial charge in [-0.15, -0.1) is 0 Å². The van der Waals surface area contributed by atoms with E-state index in [2.05, 4.69) is 20.8 Å². The van der Waals surface area contributed by atoms with Gasteiger partial charge in [-0.05, 0) is 5.92 Å². The number of nitrogens with zero attached hydrogens (tertiary/aromatic N) is 1. The van der Waals surface area contributed by atoms with Gasteiger partial charge in [0.2, 0.25) is 5.91 Å². The van der Waals surface area contributed by atoms with E-state index in [0.717, 1.165) is 0 Å². The molecular weight excluding hydrogens is 222 g/mol. The third-order valence-corrected chi connectivity index (χ3v) is 1.96. The Morgan fingerprint density at radius 3 is 2.71 bits per heavy atom. The summed E-state index contributed by atoms with van der Waals surface area (Å²) < 4.78 is 0. The monoisotopic (exact) mass is 239 g/mol. The molecule has 1 rings (SSSR count). The maximum atomic E-state index is 11.5. The number of hydrogen-bond acceptors (Lipinski definition) is 4. The summed E-state index contributed by atoms with van der Waals surface area (Å²) >= 11 is 0. The predicted octanol–water partition coefficient (Wildman–Crippen LogP) is -0.506. The van der Waals surface area contributed by atoms with Gasteiger partial charge in [-0.2, -0.15) is 5.10 Å². The van der Waals surface area contributed by atoms with E-state index in [1.807, 2.05) is 13.8 Å². The Morgan fingerprint density at radius 1 is 1.47 bits per heavy atom. The van der Waals surface area contributed by atoms with Gasteiger partial charge in [0, 0.05) is 12.6 Å². The molecule has 0 bridgehead atoms. The Balaban J connectivity index is 2.31. The summed E-state index contributed by atoms with van der Waals surface area (Å²) in [6.07, 6.45) is 0. The summed E-state index contributed by atoms with van der Waals surface area (Å²) in [4.78, 5) is 22.8. The van der Waals surface area contributed by atoms with E-state index in [4.69, 9.17) is 5.73 Å². The van der Waals surface area contributed by atoms with Crippen molar-refractivity contribution in [3.8, 4) is 0 Å². The predicted molar refractivity (Wildman–Crippen MR) is 63.2 cm³/mol. The standard InChI is InChI=1S/C10H17N5O2/c1-6(2)4-12-9(16)5-13-10(17)7-3-8(11)15-14-7/h3,6H,4-5H2,1-2H3,(H,12,16)(H,13,17)(H3,11,14,15). The second-order valence-electron chi connectivity index (χ2n) is 4.09. The highest BCUT2D eigenvalue weighted by Crippen LogP contribution is 1.99. The first-order valence-electron chi connectivity index (χ1n) is 5.35. The normalized spacial score (nSPS) is 10.3. The summed E-state index contributed by atoms with van der Waals surface area (Å²) in [5, 5.41) is 11.2. The zero-order valence-corrected chi connectivity index (χ0v) is 9.91. The molecule has 0 aromatic carbocycles. The minimum absolute atomic E-state index is 0.0650. The van der Waals surface area contributed by atoms with E-state index < -0.39 is 5.91 Å². The minimum Gasteiger partial charge on any atom is -0.382 e. The van der Waals surface area contributed by atoms with Crippen molar-refractivity contribution >= 4 is 17.6 Å². The molecule has 7 heteroatoms. The van der Waals surface area contributed by atoms with Crippen LogP contribution >= 0.6 is 0 Å². The number of amides is 2. The number of H-pyrrole nitrogens is 1. The molecule has 0 aliphatic rings. The number of nitrogens with one attached hydrogen (secondary N) is 3. The van der Waals surface area contributed by atoms with E-state index in [1.54, 1.807) is 0 Å². The van der Waals surface area contributed by atoms with Crippen LogP contribution in [0.1, 0.15) is 24.3 Å². The van der Waals surface area contributed by atoms with Crippen LogP contribution < -0.4 is 16.4 Å². The fraction of sp³-hybridized carbons (Fsp3) is 0.500. The Bertz CT molecular complexity index is 399. The highest BCUT2D eigenvalue weighted by molar-refractivity contribution is 5.95. The average Bonchev–Trinajstić information content (AvgIpc) is 2.70. The quantitative estimate of drug-likeness (QED) is 0.554. The van der Waals surface area contributed by atoms with Crippen molar-refractivity contribution in [1.82, 2.24) is 20.8 Å². The average molecular weight is 239 g/mol. The Morgan fingerprint density at radius 2 is 2.18 bits per heavy atom. The first-order valence-corrected chi connectivity index (χ1v) is 5.35. The smallest absolute Gasteiger partial charge is 0.269 e. The number of carbonyl (C=O) groups is 2. The molecule has 94 valence electrons. The third-order valence-electron chi connectivity index (χ3n) is 1.96. The molecule has 0 atom stereocenters. The van der Waals surface area contributed by atoms with Gasteiger partial charge in [0.1, 0.15) is 11.5 Å². The Kier molecular flexibility index (Phi) is 4.50. The Labute approximate surface area is 99.1 Å². The summed E-state index contributed by atoms with van der Waals surface area (Å²) in [5.41, 5.74) is 5.59. The molecular formula is C10H17N5O2. The molecule has 1 aromatic rings. The second-order valence-corrected chi connectivity index (χ2v) is 4.09. The molecule has 0 aliphatic heterocycles. The summed E-state index contributed by atoms with van der Waals surface area (Å²) in [6, 6.07) is 1.40. The second kappa shape index (κ2) is 5.88. The van der Waals surface area contributed by atoms with Crippen molar-refractivity contribution in [2.75, 3.05) is 18.8 Å². The number of aromatic amines is 1. The largest absolute Gasteiger partial charge is 0.382 e. The maximum Gasteiger partial charge on any atom is 0.269 e. The fourth-order valence-corrected chi connectivity index (χ4v) is 1.09. The van der Waals surface area contributed by atoms with Crippen molar-refractivity contribution in [2.45, 2.75) is 13.8 Å². The molecule has 1 heterocycles. The van der Waals surface area contributed by atoms with Crippen molar-refractivity contribution in [3.05, 3.63) is 11.8 Å². The van der Waals surface area contributed by atoms with E-state index in [-0.39, 0.29) is 24.0 Å². The molecule has 0 radical (unpaired) electrons. The number of rotatable bonds is 5. The van der Waals surface area contributed by atoms with Crippen LogP contribution in [0.25, 0.3) is 0 Å². The van der Waals surface area contributed by atoms with Crippen LogP contribution in [0.2, 0.25) is 0 Å². The summed E-state index contributed by atoms with van der Waals surface area (Å²) in [5.74, 6) is -0.0186. The fourth-order valence-electron chi connectivity index (χ4n) is 1.09. The lowest BCUT2D eigenvalue weighted by atomic mass is 10.2. The molecule has 17 heavy (non-hydrogen) atoms. The SMILES string of the molecule is CC(C)CNC(=O)CNC(=O)c1cc(N)n[nH]1. The molecule has 0 spiro atoms. The molecule has 7 nitrogen and oxygen atoms in total. The van der Waals surface area contributed by atoms with Crippen LogP contribution in [-0.4, -0.2) is 35.1 Å². The number of aromatic nitrogens is 2. The van der Waals surface area contributed by atoms with Crippen molar-refractivity contribution < 1.29 is 9.59 Å². The molecule has 2 amide bonds. The van der Waals surface area contributed by atoms with Gasteiger partial charge in [-0.3, -0.25) is 14.7 Å². The minimum atomic E-state index is -0.408. The molecule has 5 N–H and O–H groups in total. The molecule has 0 saturated heterocycles. The summed E-state index contributed by atoms with van der Waals surface area (Å²) in [7, 11) is 0. The molecule has 0 unspecified atom stereocenters. The van der Waals surface area contributed by atoms with Gasteiger partial charge in [0.25, 0.3) is 5.91 Å². The van der Waals surface area contributed by atoms with E-state index in [1.165, 1.54) is 6.07 Å². The van der Waals surface area contributed by atoms with Crippen molar-refractivity contribution in [3.63, 3.8) is 0 Å². The molecule has 0 saturated carbocycles.